The van der Waals surface area contributed by atoms with E-state index in [0.717, 1.165) is 12.1 Å². The van der Waals surface area contributed by atoms with Crippen LogP contribution in [0.3, 0.4) is 0 Å². The smallest absolute Gasteiger partial charge is 0.289 e. The Morgan fingerprint density at radius 3 is 2.81 bits per heavy atom. The van der Waals surface area contributed by atoms with E-state index < -0.39 is 0 Å². The summed E-state index contributed by atoms with van der Waals surface area (Å²) < 4.78 is 10.5. The summed E-state index contributed by atoms with van der Waals surface area (Å²) in [4.78, 5) is 20.7. The van der Waals surface area contributed by atoms with Gasteiger partial charge in [0.1, 0.15) is 6.04 Å². The van der Waals surface area contributed by atoms with E-state index in [2.05, 4.69) is 15.0 Å². The zero-order chi connectivity index (χ0) is 15.0. The number of piperazine rings is 1. The van der Waals surface area contributed by atoms with Crippen molar-refractivity contribution in [2.75, 3.05) is 26.7 Å². The van der Waals surface area contributed by atoms with Crippen LogP contribution in [0.15, 0.2) is 21.3 Å². The lowest BCUT2D eigenvalue weighted by Gasteiger charge is -2.37. The molecule has 1 aliphatic rings. The van der Waals surface area contributed by atoms with Crippen LogP contribution in [0.2, 0.25) is 0 Å². The van der Waals surface area contributed by atoms with E-state index in [-0.39, 0.29) is 11.9 Å². The molecule has 3 heterocycles. The first kappa shape index (κ1) is 13.8. The van der Waals surface area contributed by atoms with Crippen molar-refractivity contribution < 1.29 is 13.7 Å². The van der Waals surface area contributed by atoms with Gasteiger partial charge in [-0.05, 0) is 27.0 Å². The Morgan fingerprint density at radius 1 is 1.38 bits per heavy atom. The van der Waals surface area contributed by atoms with Crippen LogP contribution in [-0.2, 0) is 0 Å². The SMILES string of the molecule is Cc1noc([C@@H]2CN(C(=O)c3occc3C)CCN2C)n1. The van der Waals surface area contributed by atoms with Gasteiger partial charge in [0.25, 0.3) is 5.91 Å². The molecule has 3 rings (SSSR count). The van der Waals surface area contributed by atoms with Crippen molar-refractivity contribution >= 4 is 5.91 Å². The van der Waals surface area contributed by atoms with E-state index in [1.54, 1.807) is 17.9 Å². The fourth-order valence-electron chi connectivity index (χ4n) is 2.51. The lowest BCUT2D eigenvalue weighted by atomic mass is 10.1. The van der Waals surface area contributed by atoms with Crippen molar-refractivity contribution in [3.8, 4) is 0 Å². The Bertz CT molecular complexity index is 648. The minimum Gasteiger partial charge on any atom is -0.459 e. The zero-order valence-electron chi connectivity index (χ0n) is 12.4. The van der Waals surface area contributed by atoms with Crippen molar-refractivity contribution in [1.82, 2.24) is 19.9 Å². The van der Waals surface area contributed by atoms with Crippen LogP contribution in [0.5, 0.6) is 0 Å². The summed E-state index contributed by atoms with van der Waals surface area (Å²) in [6.45, 7) is 5.56. The van der Waals surface area contributed by atoms with Gasteiger partial charge >= 0.3 is 0 Å². The Morgan fingerprint density at radius 2 is 2.19 bits per heavy atom. The van der Waals surface area contributed by atoms with Crippen molar-refractivity contribution in [3.05, 3.63) is 35.4 Å². The molecule has 112 valence electrons. The monoisotopic (exact) mass is 290 g/mol. The first-order chi connectivity index (χ1) is 10.1. The summed E-state index contributed by atoms with van der Waals surface area (Å²) in [5.41, 5.74) is 0.851. The van der Waals surface area contributed by atoms with E-state index in [1.165, 1.54) is 6.26 Å². The average molecular weight is 290 g/mol. The Hall–Kier alpha value is -2.15. The standard InChI is InChI=1S/C14H18N4O3/c1-9-4-7-20-12(9)14(19)18-6-5-17(3)11(8-18)13-15-10(2)16-21-13/h4,7,11H,5-6,8H2,1-3H3/t11-/m0/s1. The first-order valence-corrected chi connectivity index (χ1v) is 6.90. The van der Waals surface area contributed by atoms with Crippen molar-refractivity contribution in [2.45, 2.75) is 19.9 Å². The summed E-state index contributed by atoms with van der Waals surface area (Å²) in [6.07, 6.45) is 1.54. The Balaban J connectivity index is 1.80. The molecule has 1 atom stereocenters. The van der Waals surface area contributed by atoms with Crippen LogP contribution < -0.4 is 0 Å². The molecule has 0 aromatic carbocycles. The molecule has 0 radical (unpaired) electrons. The highest BCUT2D eigenvalue weighted by molar-refractivity contribution is 5.92. The maximum Gasteiger partial charge on any atom is 0.289 e. The van der Waals surface area contributed by atoms with E-state index in [9.17, 15) is 4.79 Å². The molecule has 1 saturated heterocycles. The van der Waals surface area contributed by atoms with Gasteiger partial charge in [-0.15, -0.1) is 0 Å². The second kappa shape index (κ2) is 5.33. The van der Waals surface area contributed by atoms with E-state index in [4.69, 9.17) is 8.94 Å². The Labute approximate surface area is 122 Å². The maximum absolute atomic E-state index is 12.5. The quantitative estimate of drug-likeness (QED) is 0.832. The molecular formula is C14H18N4O3. The average Bonchev–Trinajstić information content (AvgIpc) is 3.07. The van der Waals surface area contributed by atoms with Gasteiger partial charge in [-0.3, -0.25) is 9.69 Å². The number of furan rings is 1. The topological polar surface area (TPSA) is 75.6 Å². The van der Waals surface area contributed by atoms with Crippen molar-refractivity contribution in [3.63, 3.8) is 0 Å². The third kappa shape index (κ3) is 2.56. The second-order valence-corrected chi connectivity index (χ2v) is 5.36. The number of likely N-dealkylation sites (N-methyl/N-ethyl adjacent to an activating group) is 1. The van der Waals surface area contributed by atoms with Gasteiger partial charge < -0.3 is 13.8 Å². The molecular weight excluding hydrogens is 272 g/mol. The van der Waals surface area contributed by atoms with Gasteiger partial charge in [-0.2, -0.15) is 4.98 Å². The van der Waals surface area contributed by atoms with Gasteiger partial charge in [0.05, 0.1) is 6.26 Å². The zero-order valence-corrected chi connectivity index (χ0v) is 12.4. The fraction of sp³-hybridized carbons (Fsp3) is 0.500. The van der Waals surface area contributed by atoms with Crippen LogP contribution in [0.25, 0.3) is 0 Å². The number of aromatic nitrogens is 2. The molecule has 2 aromatic rings. The number of nitrogens with zero attached hydrogens (tertiary/aromatic N) is 4. The summed E-state index contributed by atoms with van der Waals surface area (Å²) in [6, 6.07) is 1.71. The summed E-state index contributed by atoms with van der Waals surface area (Å²) in [5, 5.41) is 3.83. The van der Waals surface area contributed by atoms with Crippen molar-refractivity contribution in [1.29, 1.82) is 0 Å². The van der Waals surface area contributed by atoms with Gasteiger partial charge in [-0.1, -0.05) is 5.16 Å². The van der Waals surface area contributed by atoms with Gasteiger partial charge in [0.2, 0.25) is 5.89 Å². The lowest BCUT2D eigenvalue weighted by molar-refractivity contribution is 0.0461. The fourth-order valence-corrected chi connectivity index (χ4v) is 2.51. The summed E-state index contributed by atoms with van der Waals surface area (Å²) in [5.74, 6) is 1.46. The van der Waals surface area contributed by atoms with Crippen LogP contribution in [0, 0.1) is 13.8 Å². The number of carbonyl (C=O) groups is 1. The third-order valence-electron chi connectivity index (χ3n) is 3.82. The van der Waals surface area contributed by atoms with E-state index >= 15 is 0 Å². The highest BCUT2D eigenvalue weighted by Gasteiger charge is 2.33. The summed E-state index contributed by atoms with van der Waals surface area (Å²) >= 11 is 0. The number of carbonyl (C=O) groups excluding carboxylic acids is 1. The molecule has 0 unspecified atom stereocenters. The molecule has 1 aliphatic heterocycles. The normalized spacial score (nSPS) is 20.0. The molecule has 0 saturated carbocycles. The molecule has 0 aliphatic carbocycles. The highest BCUT2D eigenvalue weighted by atomic mass is 16.5. The van der Waals surface area contributed by atoms with E-state index in [1.807, 2.05) is 14.0 Å². The molecule has 1 fully saturated rings. The van der Waals surface area contributed by atoms with Gasteiger partial charge in [0, 0.05) is 25.2 Å². The second-order valence-electron chi connectivity index (χ2n) is 5.36. The van der Waals surface area contributed by atoms with Crippen LogP contribution >= 0.6 is 0 Å². The minimum absolute atomic E-state index is 0.0841. The lowest BCUT2D eigenvalue weighted by Crippen LogP contribution is -2.49. The van der Waals surface area contributed by atoms with Crippen LogP contribution in [0.1, 0.15) is 33.9 Å². The number of amides is 1. The first-order valence-electron chi connectivity index (χ1n) is 6.90. The number of aryl methyl sites for hydroxylation is 2. The number of rotatable bonds is 2. The van der Waals surface area contributed by atoms with E-state index in [0.29, 0.717) is 30.6 Å². The molecule has 7 heteroatoms. The minimum atomic E-state index is -0.0909. The van der Waals surface area contributed by atoms with Gasteiger partial charge in [0.15, 0.2) is 11.6 Å². The molecule has 0 N–H and O–H groups in total. The molecule has 0 spiro atoms. The Kier molecular flexibility index (Phi) is 3.50. The van der Waals surface area contributed by atoms with Crippen molar-refractivity contribution in [2.24, 2.45) is 0 Å². The van der Waals surface area contributed by atoms with Crippen LogP contribution in [0.4, 0.5) is 0 Å². The molecule has 1 amide bonds. The highest BCUT2D eigenvalue weighted by Crippen LogP contribution is 2.24. The maximum atomic E-state index is 12.5. The van der Waals surface area contributed by atoms with Gasteiger partial charge in [-0.25, -0.2) is 0 Å². The molecule has 0 bridgehead atoms. The molecule has 21 heavy (non-hydrogen) atoms. The molecule has 2 aromatic heterocycles. The predicted molar refractivity (Wildman–Crippen MR) is 73.8 cm³/mol. The molecule has 7 nitrogen and oxygen atoms in total. The predicted octanol–water partition coefficient (Wildman–Crippen LogP) is 1.41. The van der Waals surface area contributed by atoms with Crippen LogP contribution in [-0.4, -0.2) is 52.5 Å². The summed E-state index contributed by atoms with van der Waals surface area (Å²) in [7, 11) is 1.99. The number of hydrogen-bond donors (Lipinski definition) is 0. The third-order valence-corrected chi connectivity index (χ3v) is 3.82. The number of hydrogen-bond acceptors (Lipinski definition) is 6. The largest absolute Gasteiger partial charge is 0.459 e.